The van der Waals surface area contributed by atoms with Crippen LogP contribution in [0.5, 0.6) is 0 Å². The molecule has 11 heteroatoms. The first kappa shape index (κ1) is 56.3. The highest BCUT2D eigenvalue weighted by atomic mass is 16.7. The minimum atomic E-state index is -1.64. The van der Waals surface area contributed by atoms with Crippen LogP contribution in [0.3, 0.4) is 0 Å². The molecule has 0 atom stereocenters. The number of amides is 2. The second-order valence-corrected chi connectivity index (χ2v) is 18.9. The number of nitrogens with zero attached hydrogens (tertiary/aromatic N) is 1. The van der Waals surface area contributed by atoms with E-state index in [4.69, 9.17) is 19.0 Å². The van der Waals surface area contributed by atoms with Crippen molar-refractivity contribution < 1.29 is 47.8 Å². The normalized spacial score (nSPS) is 12.6. The molecule has 4 rings (SSSR count). The van der Waals surface area contributed by atoms with Crippen molar-refractivity contribution in [2.75, 3.05) is 0 Å². The van der Waals surface area contributed by atoms with Crippen molar-refractivity contribution in [3.05, 3.63) is 108 Å². The summed E-state index contributed by atoms with van der Waals surface area (Å²) < 4.78 is 16.6. The zero-order valence-corrected chi connectivity index (χ0v) is 41.5. The maximum Gasteiger partial charge on any atom is 0.350 e. The second kappa shape index (κ2) is 34.9. The number of unbranched alkanes of at least 4 members (excludes halogenated alkanes) is 22. The van der Waals surface area contributed by atoms with E-state index in [2.05, 4.69) is 0 Å². The van der Waals surface area contributed by atoms with E-state index in [1.807, 2.05) is 91.0 Å². The van der Waals surface area contributed by atoms with Crippen molar-refractivity contribution in [3.63, 3.8) is 0 Å². The van der Waals surface area contributed by atoms with Gasteiger partial charge < -0.3 is 19.0 Å². The van der Waals surface area contributed by atoms with Gasteiger partial charge in [0.25, 0.3) is 11.8 Å². The Bertz CT molecular complexity index is 1800. The van der Waals surface area contributed by atoms with E-state index in [9.17, 15) is 28.8 Å². The van der Waals surface area contributed by atoms with Crippen molar-refractivity contribution in [1.82, 2.24) is 5.06 Å². The Morgan fingerprint density at radius 1 is 0.377 bits per heavy atom. The molecule has 3 aromatic carbocycles. The molecule has 0 radical (unpaired) electrons. The van der Waals surface area contributed by atoms with Crippen LogP contribution in [0, 0.1) is 5.41 Å². The number of benzene rings is 3. The number of hydrogen-bond donors (Lipinski definition) is 0. The third-order valence-electron chi connectivity index (χ3n) is 13.1. The molecule has 0 aromatic heterocycles. The molecule has 2 amide bonds. The van der Waals surface area contributed by atoms with E-state index in [1.54, 1.807) is 0 Å². The summed E-state index contributed by atoms with van der Waals surface area (Å²) in [7, 11) is 0. The fourth-order valence-corrected chi connectivity index (χ4v) is 8.85. The first-order valence-corrected chi connectivity index (χ1v) is 26.5. The summed E-state index contributed by atoms with van der Waals surface area (Å²) in [5.74, 6) is -2.97. The average Bonchev–Trinajstić information content (AvgIpc) is 3.69. The van der Waals surface area contributed by atoms with Gasteiger partial charge in [0.1, 0.15) is 19.8 Å². The van der Waals surface area contributed by atoms with E-state index >= 15 is 0 Å². The Kier molecular flexibility index (Phi) is 28.4. The summed E-state index contributed by atoms with van der Waals surface area (Å²) in [6.07, 6.45) is 25.8. The number of esters is 3. The zero-order chi connectivity index (χ0) is 49.0. The fourth-order valence-electron chi connectivity index (χ4n) is 8.85. The third-order valence-corrected chi connectivity index (χ3v) is 13.1. The molecule has 0 unspecified atom stereocenters. The van der Waals surface area contributed by atoms with Crippen LogP contribution in [0.25, 0.3) is 0 Å². The molecule has 1 saturated heterocycles. The number of ether oxygens (including phenoxy) is 3. The van der Waals surface area contributed by atoms with E-state index in [0.717, 1.165) is 132 Å². The van der Waals surface area contributed by atoms with Gasteiger partial charge in [0, 0.05) is 25.7 Å². The predicted octanol–water partition coefficient (Wildman–Crippen LogP) is 13.7. The molecule has 0 saturated carbocycles. The quantitative estimate of drug-likeness (QED) is 0.0178. The number of carbonyl (C=O) groups excluding carboxylic acids is 6. The molecular weight excluding hydrogens is 871 g/mol. The summed E-state index contributed by atoms with van der Waals surface area (Å²) in [6, 6.07) is 28.8. The van der Waals surface area contributed by atoms with Crippen LogP contribution in [-0.4, -0.2) is 40.8 Å². The van der Waals surface area contributed by atoms with Gasteiger partial charge in [-0.1, -0.05) is 232 Å². The molecule has 0 spiro atoms. The number of imide groups is 1. The van der Waals surface area contributed by atoms with E-state index in [-0.39, 0.29) is 44.2 Å². The molecule has 11 nitrogen and oxygen atoms in total. The lowest BCUT2D eigenvalue weighted by molar-refractivity contribution is -0.210. The van der Waals surface area contributed by atoms with Crippen LogP contribution in [0.2, 0.25) is 0 Å². The van der Waals surface area contributed by atoms with Crippen LogP contribution in [0.15, 0.2) is 91.0 Å². The molecule has 378 valence electrons. The first-order valence-electron chi connectivity index (χ1n) is 26.5. The van der Waals surface area contributed by atoms with Gasteiger partial charge in [-0.25, -0.2) is 4.79 Å². The Morgan fingerprint density at radius 3 is 1.00 bits per heavy atom. The monoisotopic (exact) mass is 952 g/mol. The lowest BCUT2D eigenvalue weighted by Gasteiger charge is -2.30. The van der Waals surface area contributed by atoms with E-state index in [0.29, 0.717) is 44.0 Å². The molecule has 0 N–H and O–H groups in total. The van der Waals surface area contributed by atoms with Crippen LogP contribution >= 0.6 is 0 Å². The van der Waals surface area contributed by atoms with Crippen molar-refractivity contribution >= 4 is 35.7 Å². The molecular formula is C58H81NO10. The van der Waals surface area contributed by atoms with Crippen LogP contribution in [-0.2, 0) is 67.6 Å². The molecule has 1 heterocycles. The average molecular weight is 952 g/mol. The smallest absolute Gasteiger partial charge is 0.350 e. The number of carbonyl (C=O) groups is 6. The van der Waals surface area contributed by atoms with E-state index in [1.165, 1.54) is 25.7 Å². The molecule has 0 aliphatic carbocycles. The molecule has 1 aliphatic heterocycles. The maximum atomic E-state index is 14.2. The highest BCUT2D eigenvalue weighted by Crippen LogP contribution is 2.37. The zero-order valence-electron chi connectivity index (χ0n) is 41.5. The number of rotatable bonds is 39. The Hall–Kier alpha value is -5.32. The third kappa shape index (κ3) is 23.7. The summed E-state index contributed by atoms with van der Waals surface area (Å²) in [5, 5.41) is 0.552. The maximum absolute atomic E-state index is 14.2. The number of hydroxylamine groups is 2. The van der Waals surface area contributed by atoms with Gasteiger partial charge in [-0.15, -0.1) is 5.06 Å². The van der Waals surface area contributed by atoms with Crippen LogP contribution in [0.4, 0.5) is 0 Å². The molecule has 1 aliphatic rings. The summed E-state index contributed by atoms with van der Waals surface area (Å²) in [5.41, 5.74) is 1.17. The van der Waals surface area contributed by atoms with Gasteiger partial charge in [-0.3, -0.25) is 24.0 Å². The summed E-state index contributed by atoms with van der Waals surface area (Å²) in [4.78, 5) is 83.1. The first-order chi connectivity index (χ1) is 33.8. The lowest BCUT2D eigenvalue weighted by Crippen LogP contribution is -2.46. The fraction of sp³-hybridized carbons (Fsp3) is 0.586. The van der Waals surface area contributed by atoms with Crippen molar-refractivity contribution in [3.8, 4) is 0 Å². The molecule has 3 aromatic rings. The van der Waals surface area contributed by atoms with Crippen molar-refractivity contribution in [2.45, 2.75) is 212 Å². The largest absolute Gasteiger partial charge is 0.461 e. The highest BCUT2D eigenvalue weighted by Gasteiger charge is 2.50. The van der Waals surface area contributed by atoms with Crippen molar-refractivity contribution in [2.24, 2.45) is 5.41 Å². The molecule has 69 heavy (non-hydrogen) atoms. The highest BCUT2D eigenvalue weighted by molar-refractivity contribution is 6.04. The predicted molar refractivity (Wildman–Crippen MR) is 268 cm³/mol. The van der Waals surface area contributed by atoms with Gasteiger partial charge in [0.2, 0.25) is 0 Å². The molecule has 0 bridgehead atoms. The summed E-state index contributed by atoms with van der Waals surface area (Å²) >= 11 is 0. The van der Waals surface area contributed by atoms with Gasteiger partial charge in [0.15, 0.2) is 5.41 Å². The molecule has 1 fully saturated rings. The Morgan fingerprint density at radius 2 is 0.667 bits per heavy atom. The standard InChI is InChI=1S/C58H81NO10/c60-52-42-43-53(61)59(52)69-57(65)58(56(64)68-48-51-38-28-23-29-39-51,44-32-19-15-11-7-3-1-5-9-13-17-30-40-54(62)66-46-49-34-24-21-25-35-49)45-33-20-16-12-8-4-2-6-10-14-18-31-41-55(63)67-47-50-36-26-22-27-37-50/h21-29,34-39H,1-20,30-33,40-48H2. The Labute approximate surface area is 412 Å². The van der Waals surface area contributed by atoms with Gasteiger partial charge in [-0.05, 0) is 42.4 Å². The number of hydrogen-bond acceptors (Lipinski definition) is 10. The summed E-state index contributed by atoms with van der Waals surface area (Å²) in [6.45, 7) is 0.662. The van der Waals surface area contributed by atoms with Crippen LogP contribution in [0.1, 0.15) is 209 Å². The lowest BCUT2D eigenvalue weighted by atomic mass is 9.77. The van der Waals surface area contributed by atoms with Crippen LogP contribution < -0.4 is 0 Å². The van der Waals surface area contributed by atoms with E-state index < -0.39 is 29.2 Å². The van der Waals surface area contributed by atoms with Gasteiger partial charge in [-0.2, -0.15) is 0 Å². The topological polar surface area (TPSA) is 143 Å². The van der Waals surface area contributed by atoms with Gasteiger partial charge in [0.05, 0.1) is 0 Å². The van der Waals surface area contributed by atoms with Gasteiger partial charge >= 0.3 is 23.9 Å². The second-order valence-electron chi connectivity index (χ2n) is 18.9. The minimum absolute atomic E-state index is 0.00390. The minimum Gasteiger partial charge on any atom is -0.461 e. The van der Waals surface area contributed by atoms with Crippen molar-refractivity contribution in [1.29, 1.82) is 0 Å². The Balaban J connectivity index is 1.13. The SMILES string of the molecule is O=C(CCCCCCCCCCCCCCC(CCCCCCCCCCCCCCC(=O)OCc1ccccc1)(C(=O)OCc1ccccc1)C(=O)ON1C(=O)CCC1=O)OCc1ccccc1.